The molecule has 2 rings (SSSR count). The lowest BCUT2D eigenvalue weighted by atomic mass is 10.2. The highest BCUT2D eigenvalue weighted by atomic mass is 79.9. The number of nitrogens with one attached hydrogen (secondary N) is 1. The van der Waals surface area contributed by atoms with E-state index in [1.54, 1.807) is 0 Å². The number of nitrogens with zero attached hydrogens (tertiary/aromatic N) is 1. The first-order valence-corrected chi connectivity index (χ1v) is 6.16. The van der Waals surface area contributed by atoms with E-state index in [0.29, 0.717) is 5.82 Å². The summed E-state index contributed by atoms with van der Waals surface area (Å²) in [7, 11) is 0. The molecule has 1 aromatic carbocycles. The summed E-state index contributed by atoms with van der Waals surface area (Å²) in [6, 6.07) is 10.2. The number of hydrogen-bond donors (Lipinski definition) is 2. The van der Waals surface area contributed by atoms with Crippen LogP contribution in [0.15, 0.2) is 40.9 Å². The van der Waals surface area contributed by atoms with Crippen LogP contribution < -0.4 is 5.32 Å². The van der Waals surface area contributed by atoms with Gasteiger partial charge in [0.25, 0.3) is 0 Å². The third-order valence-corrected chi connectivity index (χ3v) is 3.06. The van der Waals surface area contributed by atoms with Crippen LogP contribution in [0.5, 0.6) is 0 Å². The Hall–Kier alpha value is -1.59. The first-order valence-electron chi connectivity index (χ1n) is 4.98. The van der Waals surface area contributed by atoms with Crippen LogP contribution >= 0.6 is 27.5 Å². The summed E-state index contributed by atoms with van der Waals surface area (Å²) < 4.78 is 0.851. The summed E-state index contributed by atoms with van der Waals surface area (Å²) in [5.41, 5.74) is 0.869. The molecule has 6 heteroatoms. The quantitative estimate of drug-likeness (QED) is 0.838. The van der Waals surface area contributed by atoms with Crippen molar-refractivity contribution >= 4 is 45.0 Å². The van der Waals surface area contributed by atoms with Gasteiger partial charge in [0.2, 0.25) is 0 Å². The Bertz CT molecular complexity index is 604. The second-order valence-electron chi connectivity index (χ2n) is 3.47. The molecule has 0 atom stereocenters. The summed E-state index contributed by atoms with van der Waals surface area (Å²) >= 11 is 9.15. The number of anilines is 2. The molecule has 0 saturated carbocycles. The first-order chi connectivity index (χ1) is 8.56. The number of carboxylic acid groups (broad SMARTS) is 1. The van der Waals surface area contributed by atoms with Gasteiger partial charge in [-0.2, -0.15) is 0 Å². The summed E-state index contributed by atoms with van der Waals surface area (Å²) in [6.07, 6.45) is 0. The van der Waals surface area contributed by atoms with E-state index in [-0.39, 0.29) is 10.7 Å². The maximum absolute atomic E-state index is 10.9. The molecule has 0 unspecified atom stereocenters. The molecule has 0 fully saturated rings. The lowest BCUT2D eigenvalue weighted by Crippen LogP contribution is -2.01. The SMILES string of the molecule is O=C(O)c1cc(Cl)nc(Nc2ccccc2Br)c1. The maximum Gasteiger partial charge on any atom is 0.335 e. The summed E-state index contributed by atoms with van der Waals surface area (Å²) in [6.45, 7) is 0. The Morgan fingerprint density at radius 2 is 2.06 bits per heavy atom. The highest BCUT2D eigenvalue weighted by Crippen LogP contribution is 2.25. The molecule has 18 heavy (non-hydrogen) atoms. The Balaban J connectivity index is 2.35. The molecule has 92 valence electrons. The number of hydrogen-bond acceptors (Lipinski definition) is 3. The van der Waals surface area contributed by atoms with Crippen molar-refractivity contribution in [1.82, 2.24) is 4.98 Å². The molecule has 0 aliphatic carbocycles. The first kappa shape index (κ1) is 12.9. The van der Waals surface area contributed by atoms with Crippen molar-refractivity contribution in [3.05, 3.63) is 51.6 Å². The van der Waals surface area contributed by atoms with Crippen LogP contribution in [0.4, 0.5) is 11.5 Å². The number of rotatable bonds is 3. The van der Waals surface area contributed by atoms with Gasteiger partial charge < -0.3 is 10.4 Å². The van der Waals surface area contributed by atoms with Gasteiger partial charge in [0.15, 0.2) is 0 Å². The van der Waals surface area contributed by atoms with Gasteiger partial charge >= 0.3 is 5.97 Å². The molecule has 1 aromatic heterocycles. The van der Waals surface area contributed by atoms with E-state index in [9.17, 15) is 4.79 Å². The van der Waals surface area contributed by atoms with Crippen LogP contribution in [0, 0.1) is 0 Å². The zero-order valence-electron chi connectivity index (χ0n) is 9.02. The van der Waals surface area contributed by atoms with Crippen molar-refractivity contribution in [2.24, 2.45) is 0 Å². The fraction of sp³-hybridized carbons (Fsp3) is 0. The molecule has 0 bridgehead atoms. The fourth-order valence-corrected chi connectivity index (χ4v) is 1.98. The second-order valence-corrected chi connectivity index (χ2v) is 4.72. The third kappa shape index (κ3) is 3.00. The summed E-state index contributed by atoms with van der Waals surface area (Å²) in [5, 5.41) is 12.1. The summed E-state index contributed by atoms with van der Waals surface area (Å²) in [5.74, 6) is -0.665. The molecule has 0 spiro atoms. The molecule has 0 aliphatic heterocycles. The molecule has 2 aromatic rings. The van der Waals surface area contributed by atoms with E-state index in [1.165, 1.54) is 12.1 Å². The smallest absolute Gasteiger partial charge is 0.335 e. The van der Waals surface area contributed by atoms with Crippen LogP contribution in [0.25, 0.3) is 0 Å². The van der Waals surface area contributed by atoms with Crippen molar-refractivity contribution in [2.75, 3.05) is 5.32 Å². The molecule has 4 nitrogen and oxygen atoms in total. The standard InChI is InChI=1S/C12H8BrClN2O2/c13-8-3-1-2-4-9(8)15-11-6-7(12(17)18)5-10(14)16-11/h1-6H,(H,15,16)(H,17,18). The maximum atomic E-state index is 10.9. The van der Waals surface area contributed by atoms with Crippen LogP contribution in [-0.4, -0.2) is 16.1 Å². The van der Waals surface area contributed by atoms with Crippen LogP contribution in [0.2, 0.25) is 5.15 Å². The van der Waals surface area contributed by atoms with Gasteiger partial charge in [-0.1, -0.05) is 23.7 Å². The van der Waals surface area contributed by atoms with Gasteiger partial charge in [0, 0.05) is 4.47 Å². The van der Waals surface area contributed by atoms with Gasteiger partial charge in [-0.25, -0.2) is 9.78 Å². The zero-order valence-corrected chi connectivity index (χ0v) is 11.4. The number of para-hydroxylation sites is 1. The number of aromatic nitrogens is 1. The molecule has 0 saturated heterocycles. The van der Waals surface area contributed by atoms with Crippen LogP contribution in [0.1, 0.15) is 10.4 Å². The average molecular weight is 328 g/mol. The molecule has 0 amide bonds. The van der Waals surface area contributed by atoms with Crippen molar-refractivity contribution < 1.29 is 9.90 Å². The lowest BCUT2D eigenvalue weighted by Gasteiger charge is -2.08. The molecule has 0 aliphatic rings. The van der Waals surface area contributed by atoms with E-state index in [2.05, 4.69) is 26.2 Å². The van der Waals surface area contributed by atoms with Crippen LogP contribution in [-0.2, 0) is 0 Å². The van der Waals surface area contributed by atoms with Crippen molar-refractivity contribution in [1.29, 1.82) is 0 Å². The van der Waals surface area contributed by atoms with E-state index < -0.39 is 5.97 Å². The Morgan fingerprint density at radius 3 is 2.72 bits per heavy atom. The highest BCUT2D eigenvalue weighted by molar-refractivity contribution is 9.10. The minimum atomic E-state index is -1.05. The van der Waals surface area contributed by atoms with E-state index in [1.807, 2.05) is 24.3 Å². The van der Waals surface area contributed by atoms with Crippen LogP contribution in [0.3, 0.4) is 0 Å². The summed E-state index contributed by atoms with van der Waals surface area (Å²) in [4.78, 5) is 14.9. The normalized spacial score (nSPS) is 10.1. The number of carbonyl (C=O) groups is 1. The van der Waals surface area contributed by atoms with E-state index in [4.69, 9.17) is 16.7 Å². The number of halogens is 2. The van der Waals surface area contributed by atoms with Gasteiger partial charge in [-0.15, -0.1) is 0 Å². The topological polar surface area (TPSA) is 62.2 Å². The van der Waals surface area contributed by atoms with Crippen molar-refractivity contribution in [2.45, 2.75) is 0 Å². The number of benzene rings is 1. The number of pyridine rings is 1. The third-order valence-electron chi connectivity index (χ3n) is 2.18. The monoisotopic (exact) mass is 326 g/mol. The minimum absolute atomic E-state index is 0.0875. The molecular weight excluding hydrogens is 320 g/mol. The van der Waals surface area contributed by atoms with E-state index in [0.717, 1.165) is 10.2 Å². The predicted octanol–water partition coefficient (Wildman–Crippen LogP) is 3.94. The molecule has 1 heterocycles. The largest absolute Gasteiger partial charge is 0.478 e. The van der Waals surface area contributed by atoms with E-state index >= 15 is 0 Å². The molecular formula is C12H8BrClN2O2. The average Bonchev–Trinajstić information content (AvgIpc) is 2.31. The molecule has 0 radical (unpaired) electrons. The minimum Gasteiger partial charge on any atom is -0.478 e. The molecule has 2 N–H and O–H groups in total. The van der Waals surface area contributed by atoms with Gasteiger partial charge in [-0.05, 0) is 40.2 Å². The fourth-order valence-electron chi connectivity index (χ4n) is 1.38. The zero-order chi connectivity index (χ0) is 13.1. The number of aromatic carboxylic acids is 1. The van der Waals surface area contributed by atoms with Gasteiger partial charge in [-0.3, -0.25) is 0 Å². The lowest BCUT2D eigenvalue weighted by molar-refractivity contribution is 0.0697. The Labute approximate surface area is 117 Å². The highest BCUT2D eigenvalue weighted by Gasteiger charge is 2.08. The number of carboxylic acids is 1. The second kappa shape index (κ2) is 5.37. The predicted molar refractivity (Wildman–Crippen MR) is 73.6 cm³/mol. The Morgan fingerprint density at radius 1 is 1.33 bits per heavy atom. The van der Waals surface area contributed by atoms with Gasteiger partial charge in [0.05, 0.1) is 11.3 Å². The Kier molecular flexibility index (Phi) is 3.84. The van der Waals surface area contributed by atoms with Crippen molar-refractivity contribution in [3.8, 4) is 0 Å². The van der Waals surface area contributed by atoms with Gasteiger partial charge in [0.1, 0.15) is 11.0 Å². The van der Waals surface area contributed by atoms with Crippen molar-refractivity contribution in [3.63, 3.8) is 0 Å².